The van der Waals surface area contributed by atoms with Gasteiger partial charge in [0.15, 0.2) is 0 Å². The lowest BCUT2D eigenvalue weighted by Gasteiger charge is -2.25. The SMILES string of the molecule is CC(C)C1NCN(C(C)CCN(C)C)C1=O. The summed E-state index contributed by atoms with van der Waals surface area (Å²) in [5, 5.41) is 3.29. The molecule has 94 valence electrons. The van der Waals surface area contributed by atoms with Crippen LogP contribution in [-0.2, 0) is 4.79 Å². The van der Waals surface area contributed by atoms with Crippen molar-refractivity contribution in [3.63, 3.8) is 0 Å². The van der Waals surface area contributed by atoms with Gasteiger partial charge in [0.25, 0.3) is 0 Å². The molecule has 0 bridgehead atoms. The van der Waals surface area contributed by atoms with Crippen LogP contribution in [0.3, 0.4) is 0 Å². The predicted octanol–water partition coefficient (Wildman–Crippen LogP) is 0.740. The van der Waals surface area contributed by atoms with E-state index in [4.69, 9.17) is 0 Å². The van der Waals surface area contributed by atoms with Crippen molar-refractivity contribution in [2.75, 3.05) is 27.3 Å². The molecule has 4 heteroatoms. The summed E-state index contributed by atoms with van der Waals surface area (Å²) < 4.78 is 0. The maximum absolute atomic E-state index is 12.1. The van der Waals surface area contributed by atoms with E-state index in [2.05, 4.69) is 45.1 Å². The number of nitrogens with one attached hydrogen (secondary N) is 1. The van der Waals surface area contributed by atoms with Crippen molar-refractivity contribution in [2.45, 2.75) is 39.3 Å². The Kier molecular flexibility index (Phi) is 4.74. The molecule has 1 heterocycles. The van der Waals surface area contributed by atoms with Crippen LogP contribution >= 0.6 is 0 Å². The first-order chi connectivity index (χ1) is 7.43. The van der Waals surface area contributed by atoms with Crippen LogP contribution in [0.2, 0.25) is 0 Å². The Morgan fingerprint density at radius 3 is 2.50 bits per heavy atom. The Morgan fingerprint density at radius 2 is 2.06 bits per heavy atom. The monoisotopic (exact) mass is 227 g/mol. The fourth-order valence-corrected chi connectivity index (χ4v) is 2.04. The highest BCUT2D eigenvalue weighted by atomic mass is 16.2. The van der Waals surface area contributed by atoms with Crippen molar-refractivity contribution < 1.29 is 4.79 Å². The number of amides is 1. The number of hydrogen-bond acceptors (Lipinski definition) is 3. The maximum atomic E-state index is 12.1. The summed E-state index contributed by atoms with van der Waals surface area (Å²) >= 11 is 0. The molecule has 2 atom stereocenters. The molecule has 0 spiro atoms. The van der Waals surface area contributed by atoms with Crippen molar-refractivity contribution in [3.05, 3.63) is 0 Å². The second kappa shape index (κ2) is 5.64. The number of rotatable bonds is 5. The topological polar surface area (TPSA) is 35.6 Å². The normalized spacial score (nSPS) is 23.6. The molecule has 0 saturated carbocycles. The lowest BCUT2D eigenvalue weighted by atomic mass is 10.0. The van der Waals surface area contributed by atoms with Crippen molar-refractivity contribution in [1.29, 1.82) is 0 Å². The molecule has 1 aliphatic rings. The third-order valence-corrected chi connectivity index (χ3v) is 3.22. The zero-order valence-electron chi connectivity index (χ0n) is 11.2. The fourth-order valence-electron chi connectivity index (χ4n) is 2.04. The zero-order chi connectivity index (χ0) is 12.3. The second-order valence-electron chi connectivity index (χ2n) is 5.33. The molecule has 1 aliphatic heterocycles. The van der Waals surface area contributed by atoms with E-state index in [-0.39, 0.29) is 11.9 Å². The average molecular weight is 227 g/mol. The fraction of sp³-hybridized carbons (Fsp3) is 0.917. The Balaban J connectivity index is 2.46. The van der Waals surface area contributed by atoms with Gasteiger partial charge < -0.3 is 9.80 Å². The smallest absolute Gasteiger partial charge is 0.241 e. The van der Waals surface area contributed by atoms with Crippen LogP contribution in [0.4, 0.5) is 0 Å². The summed E-state index contributed by atoms with van der Waals surface area (Å²) in [7, 11) is 4.13. The molecule has 16 heavy (non-hydrogen) atoms. The Hall–Kier alpha value is -0.610. The number of nitrogens with zero attached hydrogens (tertiary/aromatic N) is 2. The van der Waals surface area contributed by atoms with E-state index in [0.29, 0.717) is 18.6 Å². The Labute approximate surface area is 99.0 Å². The minimum absolute atomic E-state index is 0.0156. The second-order valence-corrected chi connectivity index (χ2v) is 5.33. The molecule has 1 N–H and O–H groups in total. The van der Waals surface area contributed by atoms with Gasteiger partial charge in [-0.3, -0.25) is 10.1 Å². The number of carbonyl (C=O) groups is 1. The first-order valence-electron chi connectivity index (χ1n) is 6.12. The quantitative estimate of drug-likeness (QED) is 0.752. The van der Waals surface area contributed by atoms with E-state index < -0.39 is 0 Å². The van der Waals surface area contributed by atoms with E-state index in [0.717, 1.165) is 13.0 Å². The van der Waals surface area contributed by atoms with Gasteiger partial charge in [-0.25, -0.2) is 0 Å². The van der Waals surface area contributed by atoms with Crippen molar-refractivity contribution in [1.82, 2.24) is 15.1 Å². The third kappa shape index (κ3) is 3.19. The first-order valence-corrected chi connectivity index (χ1v) is 6.12. The summed E-state index contributed by atoms with van der Waals surface area (Å²) in [5.74, 6) is 0.639. The molecule has 1 fully saturated rings. The minimum Gasteiger partial charge on any atom is -0.326 e. The molecule has 0 aromatic heterocycles. The van der Waals surface area contributed by atoms with Gasteiger partial charge in [-0.1, -0.05) is 13.8 Å². The molecule has 1 saturated heterocycles. The standard InChI is InChI=1S/C12H25N3O/c1-9(2)11-12(16)15(8-13-11)10(3)6-7-14(4)5/h9-11,13H,6-8H2,1-5H3. The van der Waals surface area contributed by atoms with Gasteiger partial charge in [-0.05, 0) is 39.9 Å². The van der Waals surface area contributed by atoms with Crippen molar-refractivity contribution in [2.24, 2.45) is 5.92 Å². The maximum Gasteiger partial charge on any atom is 0.241 e. The Bertz CT molecular complexity index is 240. The number of carbonyl (C=O) groups excluding carboxylic acids is 1. The average Bonchev–Trinajstić information content (AvgIpc) is 2.56. The summed E-state index contributed by atoms with van der Waals surface area (Å²) in [6, 6.07) is 0.341. The molecular weight excluding hydrogens is 202 g/mol. The Morgan fingerprint density at radius 1 is 1.44 bits per heavy atom. The summed E-state index contributed by atoms with van der Waals surface area (Å²) in [6.07, 6.45) is 1.03. The van der Waals surface area contributed by atoms with Gasteiger partial charge in [0.2, 0.25) is 5.91 Å². The molecule has 0 aromatic carbocycles. The van der Waals surface area contributed by atoms with E-state index in [1.54, 1.807) is 0 Å². The summed E-state index contributed by atoms with van der Waals surface area (Å²) in [5.41, 5.74) is 0. The van der Waals surface area contributed by atoms with Crippen molar-refractivity contribution >= 4 is 5.91 Å². The first kappa shape index (κ1) is 13.5. The van der Waals surface area contributed by atoms with Crippen LogP contribution in [0.25, 0.3) is 0 Å². The van der Waals surface area contributed by atoms with Gasteiger partial charge in [0, 0.05) is 6.04 Å². The molecule has 0 aromatic rings. The largest absolute Gasteiger partial charge is 0.326 e. The van der Waals surface area contributed by atoms with Crippen LogP contribution in [0.5, 0.6) is 0 Å². The molecule has 2 unspecified atom stereocenters. The summed E-state index contributed by atoms with van der Waals surface area (Å²) in [4.78, 5) is 16.2. The van der Waals surface area contributed by atoms with Crippen LogP contribution in [0, 0.1) is 5.92 Å². The van der Waals surface area contributed by atoms with Crippen LogP contribution in [-0.4, -0.2) is 55.1 Å². The van der Waals surface area contributed by atoms with Crippen LogP contribution in [0.1, 0.15) is 27.2 Å². The molecule has 0 aliphatic carbocycles. The molecule has 0 radical (unpaired) electrons. The van der Waals surface area contributed by atoms with E-state index in [1.807, 2.05) is 4.90 Å². The zero-order valence-corrected chi connectivity index (χ0v) is 11.2. The molecule has 1 amide bonds. The molecular formula is C12H25N3O. The molecule has 4 nitrogen and oxygen atoms in total. The van der Waals surface area contributed by atoms with Crippen molar-refractivity contribution in [3.8, 4) is 0 Å². The highest BCUT2D eigenvalue weighted by Gasteiger charge is 2.35. The predicted molar refractivity (Wildman–Crippen MR) is 66.1 cm³/mol. The highest BCUT2D eigenvalue weighted by Crippen LogP contribution is 2.16. The van der Waals surface area contributed by atoms with Gasteiger partial charge >= 0.3 is 0 Å². The van der Waals surface area contributed by atoms with E-state index >= 15 is 0 Å². The van der Waals surface area contributed by atoms with Gasteiger partial charge in [0.1, 0.15) is 0 Å². The van der Waals surface area contributed by atoms with Crippen LogP contribution < -0.4 is 5.32 Å². The van der Waals surface area contributed by atoms with E-state index in [1.165, 1.54) is 0 Å². The minimum atomic E-state index is 0.0156. The van der Waals surface area contributed by atoms with Gasteiger partial charge in [0.05, 0.1) is 12.7 Å². The van der Waals surface area contributed by atoms with Gasteiger partial charge in [-0.15, -0.1) is 0 Å². The van der Waals surface area contributed by atoms with Gasteiger partial charge in [-0.2, -0.15) is 0 Å². The third-order valence-electron chi connectivity index (χ3n) is 3.22. The highest BCUT2D eigenvalue weighted by molar-refractivity contribution is 5.84. The summed E-state index contributed by atoms with van der Waals surface area (Å²) in [6.45, 7) is 8.03. The van der Waals surface area contributed by atoms with Crippen LogP contribution in [0.15, 0.2) is 0 Å². The lowest BCUT2D eigenvalue weighted by molar-refractivity contribution is -0.131. The molecule has 1 rings (SSSR count). The lowest BCUT2D eigenvalue weighted by Crippen LogP contribution is -2.39. The van der Waals surface area contributed by atoms with E-state index in [9.17, 15) is 4.79 Å². The number of hydrogen-bond donors (Lipinski definition) is 1.